The summed E-state index contributed by atoms with van der Waals surface area (Å²) in [5.41, 5.74) is 1.27. The number of hydrogen-bond donors (Lipinski definition) is 1. The van der Waals surface area contributed by atoms with E-state index in [-0.39, 0.29) is 11.8 Å². The lowest BCUT2D eigenvalue weighted by molar-refractivity contribution is -0.123. The van der Waals surface area contributed by atoms with Crippen LogP contribution >= 0.6 is 15.9 Å². The summed E-state index contributed by atoms with van der Waals surface area (Å²) in [5, 5.41) is 3.17. The number of rotatable bonds is 4. The van der Waals surface area contributed by atoms with Crippen molar-refractivity contribution in [3.05, 3.63) is 34.3 Å². The molecule has 96 valence electrons. The predicted octanol–water partition coefficient (Wildman–Crippen LogP) is 3.47. The minimum Gasteiger partial charge on any atom is -0.353 e. The van der Waals surface area contributed by atoms with Gasteiger partial charge in [-0.15, -0.1) is 0 Å². The molecule has 2 aliphatic rings. The van der Waals surface area contributed by atoms with E-state index in [4.69, 9.17) is 0 Å². The second kappa shape index (κ2) is 4.69. The van der Waals surface area contributed by atoms with Crippen LogP contribution in [-0.4, -0.2) is 11.9 Å². The van der Waals surface area contributed by atoms with Gasteiger partial charge in [0.15, 0.2) is 0 Å². The third-order valence-electron chi connectivity index (χ3n) is 4.13. The molecule has 2 aliphatic carbocycles. The van der Waals surface area contributed by atoms with E-state index in [1.807, 2.05) is 12.1 Å². The molecule has 0 aliphatic heterocycles. The predicted molar refractivity (Wildman–Crippen MR) is 75.3 cm³/mol. The van der Waals surface area contributed by atoms with Crippen LogP contribution in [0.3, 0.4) is 0 Å². The smallest absolute Gasteiger partial charge is 0.223 e. The van der Waals surface area contributed by atoms with Crippen molar-refractivity contribution < 1.29 is 4.79 Å². The minimum absolute atomic E-state index is 0.185. The van der Waals surface area contributed by atoms with Crippen molar-refractivity contribution in [2.75, 3.05) is 0 Å². The molecule has 18 heavy (non-hydrogen) atoms. The Balaban J connectivity index is 1.60. The monoisotopic (exact) mass is 307 g/mol. The zero-order valence-electron chi connectivity index (χ0n) is 10.5. The number of nitrogens with one attached hydrogen (secondary N) is 1. The van der Waals surface area contributed by atoms with Gasteiger partial charge >= 0.3 is 0 Å². The number of amides is 1. The van der Waals surface area contributed by atoms with Crippen LogP contribution < -0.4 is 5.32 Å². The van der Waals surface area contributed by atoms with Crippen LogP contribution in [0.4, 0.5) is 0 Å². The Hall–Kier alpha value is -0.830. The molecule has 0 saturated heterocycles. The van der Waals surface area contributed by atoms with Crippen molar-refractivity contribution in [2.24, 2.45) is 11.8 Å². The number of hydrogen-bond acceptors (Lipinski definition) is 1. The summed E-state index contributed by atoms with van der Waals surface area (Å²) in [6.45, 7) is 2.13. The maximum absolute atomic E-state index is 12.1. The molecular formula is C15H18BrNO. The molecule has 0 spiro atoms. The summed E-state index contributed by atoms with van der Waals surface area (Å²) in [6, 6.07) is 8.58. The van der Waals surface area contributed by atoms with Gasteiger partial charge in [0, 0.05) is 16.4 Å². The van der Waals surface area contributed by atoms with Crippen molar-refractivity contribution in [3.8, 4) is 0 Å². The molecule has 0 aromatic heterocycles. The van der Waals surface area contributed by atoms with Crippen molar-refractivity contribution in [2.45, 2.75) is 38.1 Å². The SMILES string of the molecule is CC(NC(=O)C1CC1c1ccccc1Br)C1CC1. The molecule has 1 aromatic rings. The summed E-state index contributed by atoms with van der Waals surface area (Å²) in [5.74, 6) is 1.57. The average molecular weight is 308 g/mol. The van der Waals surface area contributed by atoms with Crippen LogP contribution in [0.5, 0.6) is 0 Å². The highest BCUT2D eigenvalue weighted by Gasteiger charge is 2.45. The second-order valence-electron chi connectivity index (χ2n) is 5.60. The van der Waals surface area contributed by atoms with Crippen LogP contribution in [0.2, 0.25) is 0 Å². The zero-order valence-corrected chi connectivity index (χ0v) is 12.1. The minimum atomic E-state index is 0.185. The first-order chi connectivity index (χ1) is 8.66. The van der Waals surface area contributed by atoms with Crippen LogP contribution in [0.25, 0.3) is 0 Å². The Morgan fingerprint density at radius 3 is 2.78 bits per heavy atom. The van der Waals surface area contributed by atoms with E-state index in [1.165, 1.54) is 18.4 Å². The topological polar surface area (TPSA) is 29.1 Å². The average Bonchev–Trinajstić information content (AvgIpc) is 3.22. The largest absolute Gasteiger partial charge is 0.353 e. The van der Waals surface area contributed by atoms with Gasteiger partial charge in [-0.25, -0.2) is 0 Å². The van der Waals surface area contributed by atoms with Crippen molar-refractivity contribution >= 4 is 21.8 Å². The molecule has 1 N–H and O–H groups in total. The molecule has 1 aromatic carbocycles. The zero-order chi connectivity index (χ0) is 12.7. The Kier molecular flexibility index (Phi) is 3.18. The fourth-order valence-corrected chi connectivity index (χ4v) is 3.23. The first-order valence-electron chi connectivity index (χ1n) is 6.71. The van der Waals surface area contributed by atoms with Gasteiger partial charge in [0.1, 0.15) is 0 Å². The molecule has 3 atom stereocenters. The van der Waals surface area contributed by atoms with Gasteiger partial charge in [-0.2, -0.15) is 0 Å². The van der Waals surface area contributed by atoms with E-state index in [0.29, 0.717) is 12.0 Å². The summed E-state index contributed by atoms with van der Waals surface area (Å²) in [4.78, 5) is 12.1. The van der Waals surface area contributed by atoms with Crippen LogP contribution in [0.15, 0.2) is 28.7 Å². The number of halogens is 1. The van der Waals surface area contributed by atoms with E-state index in [1.54, 1.807) is 0 Å². The Morgan fingerprint density at radius 1 is 1.39 bits per heavy atom. The standard InChI is InChI=1S/C15H18BrNO/c1-9(10-6-7-10)17-15(18)13-8-12(13)11-4-2-3-5-14(11)16/h2-5,9-10,12-13H,6-8H2,1H3,(H,17,18). The van der Waals surface area contributed by atoms with Crippen molar-refractivity contribution in [1.29, 1.82) is 0 Å². The third-order valence-corrected chi connectivity index (χ3v) is 4.85. The van der Waals surface area contributed by atoms with Gasteiger partial charge < -0.3 is 5.32 Å². The quantitative estimate of drug-likeness (QED) is 0.906. The lowest BCUT2D eigenvalue weighted by Gasteiger charge is -2.12. The highest BCUT2D eigenvalue weighted by Crippen LogP contribution is 2.49. The molecule has 0 heterocycles. The molecule has 2 nitrogen and oxygen atoms in total. The van der Waals surface area contributed by atoms with E-state index in [2.05, 4.69) is 40.3 Å². The van der Waals surface area contributed by atoms with E-state index in [0.717, 1.165) is 16.8 Å². The normalized spacial score (nSPS) is 27.7. The summed E-state index contributed by atoms with van der Waals surface area (Å²) < 4.78 is 1.13. The first-order valence-corrected chi connectivity index (χ1v) is 7.51. The summed E-state index contributed by atoms with van der Waals surface area (Å²) in [7, 11) is 0. The lowest BCUT2D eigenvalue weighted by atomic mass is 10.1. The first kappa shape index (κ1) is 12.2. The van der Waals surface area contributed by atoms with E-state index >= 15 is 0 Å². The molecule has 2 saturated carbocycles. The van der Waals surface area contributed by atoms with Gasteiger partial charge in [-0.05, 0) is 49.7 Å². The highest BCUT2D eigenvalue weighted by atomic mass is 79.9. The molecule has 3 heteroatoms. The van der Waals surface area contributed by atoms with Crippen LogP contribution in [0, 0.1) is 11.8 Å². The fraction of sp³-hybridized carbons (Fsp3) is 0.533. The molecule has 1 amide bonds. The van der Waals surface area contributed by atoms with Gasteiger partial charge in [-0.3, -0.25) is 4.79 Å². The fourth-order valence-electron chi connectivity index (χ4n) is 2.65. The lowest BCUT2D eigenvalue weighted by Crippen LogP contribution is -2.35. The van der Waals surface area contributed by atoms with Gasteiger partial charge in [0.05, 0.1) is 0 Å². The van der Waals surface area contributed by atoms with E-state index in [9.17, 15) is 4.79 Å². The molecular weight excluding hydrogens is 290 g/mol. The van der Waals surface area contributed by atoms with Gasteiger partial charge in [-0.1, -0.05) is 34.1 Å². The van der Waals surface area contributed by atoms with Crippen molar-refractivity contribution in [1.82, 2.24) is 5.32 Å². The summed E-state index contributed by atoms with van der Waals surface area (Å²) in [6.07, 6.45) is 3.55. The second-order valence-corrected chi connectivity index (χ2v) is 6.46. The Labute approximate surface area is 116 Å². The van der Waals surface area contributed by atoms with Crippen LogP contribution in [0.1, 0.15) is 37.7 Å². The third kappa shape index (κ3) is 2.46. The molecule has 2 fully saturated rings. The number of benzene rings is 1. The van der Waals surface area contributed by atoms with E-state index < -0.39 is 0 Å². The highest BCUT2D eigenvalue weighted by molar-refractivity contribution is 9.10. The van der Waals surface area contributed by atoms with Gasteiger partial charge in [0.2, 0.25) is 5.91 Å². The van der Waals surface area contributed by atoms with Crippen LogP contribution in [-0.2, 0) is 4.79 Å². The van der Waals surface area contributed by atoms with Crippen molar-refractivity contribution in [3.63, 3.8) is 0 Å². The number of carbonyl (C=O) groups is 1. The van der Waals surface area contributed by atoms with Gasteiger partial charge in [0.25, 0.3) is 0 Å². The molecule has 3 rings (SSSR count). The Morgan fingerprint density at radius 2 is 2.11 bits per heavy atom. The summed E-state index contributed by atoms with van der Waals surface area (Å²) >= 11 is 3.57. The maximum atomic E-state index is 12.1. The molecule has 0 bridgehead atoms. The molecule has 3 unspecified atom stereocenters. The maximum Gasteiger partial charge on any atom is 0.223 e. The number of carbonyl (C=O) groups excluding carboxylic acids is 1. The molecule has 0 radical (unpaired) electrons. The Bertz CT molecular complexity index is 469.